The second-order valence-electron chi connectivity index (χ2n) is 4.63. The fourth-order valence-corrected chi connectivity index (χ4v) is 2.22. The number of hydrogen-bond acceptors (Lipinski definition) is 2. The molecule has 2 rings (SSSR count). The van der Waals surface area contributed by atoms with Crippen molar-refractivity contribution >= 4 is 17.9 Å². The number of hydrogen-bond donors (Lipinski definition) is 1. The summed E-state index contributed by atoms with van der Waals surface area (Å²) < 4.78 is 12.8. The largest absolute Gasteiger partial charge is 0.353 e. The zero-order valence-corrected chi connectivity index (χ0v) is 11.3. The lowest BCUT2D eigenvalue weighted by Crippen LogP contribution is -2.56. The van der Waals surface area contributed by atoms with Crippen LogP contribution in [0, 0.1) is 5.82 Å². The van der Waals surface area contributed by atoms with E-state index in [9.17, 15) is 14.0 Å². The predicted molar refractivity (Wildman–Crippen MR) is 74.2 cm³/mol. The van der Waals surface area contributed by atoms with Gasteiger partial charge in [-0.15, -0.1) is 0 Å². The molecule has 4 nitrogen and oxygen atoms in total. The van der Waals surface area contributed by atoms with E-state index in [0.717, 1.165) is 5.56 Å². The molecule has 0 aromatic heterocycles. The Balaban J connectivity index is 2.06. The molecular weight excluding hydrogens is 259 g/mol. The van der Waals surface area contributed by atoms with Gasteiger partial charge < -0.3 is 10.2 Å². The Morgan fingerprint density at radius 3 is 2.80 bits per heavy atom. The summed E-state index contributed by atoms with van der Waals surface area (Å²) in [7, 11) is 0. The fourth-order valence-electron chi connectivity index (χ4n) is 2.22. The van der Waals surface area contributed by atoms with Crippen LogP contribution in [0.3, 0.4) is 0 Å². The lowest BCUT2D eigenvalue weighted by Gasteiger charge is -2.33. The Morgan fingerprint density at radius 1 is 1.45 bits per heavy atom. The van der Waals surface area contributed by atoms with Gasteiger partial charge in [-0.1, -0.05) is 19.1 Å². The Kier molecular flexibility index (Phi) is 4.50. The van der Waals surface area contributed by atoms with E-state index in [2.05, 4.69) is 5.32 Å². The molecule has 1 aliphatic heterocycles. The molecule has 2 amide bonds. The van der Waals surface area contributed by atoms with E-state index in [0.29, 0.717) is 19.5 Å². The minimum absolute atomic E-state index is 0.109. The standard InChI is InChI=1S/C15H17FN2O2/c1-2-13-15(20)17-9-10-18(13)14(19)8-5-11-3-6-12(16)7-4-11/h3-8,13H,2,9-10H2,1H3,(H,17,20)/b8-5-/t13-/m0/s1. The summed E-state index contributed by atoms with van der Waals surface area (Å²) >= 11 is 0. The monoisotopic (exact) mass is 276 g/mol. The van der Waals surface area contributed by atoms with Crippen molar-refractivity contribution in [2.75, 3.05) is 13.1 Å². The molecular formula is C15H17FN2O2. The van der Waals surface area contributed by atoms with E-state index in [1.54, 1.807) is 23.1 Å². The van der Waals surface area contributed by atoms with Gasteiger partial charge in [0.05, 0.1) is 0 Å². The zero-order chi connectivity index (χ0) is 14.5. The van der Waals surface area contributed by atoms with Crippen molar-refractivity contribution in [2.24, 2.45) is 0 Å². The number of nitrogens with zero attached hydrogens (tertiary/aromatic N) is 1. The first-order valence-corrected chi connectivity index (χ1v) is 6.63. The van der Waals surface area contributed by atoms with Gasteiger partial charge in [-0.2, -0.15) is 0 Å². The van der Waals surface area contributed by atoms with Crippen LogP contribution in [0.4, 0.5) is 4.39 Å². The van der Waals surface area contributed by atoms with Crippen molar-refractivity contribution in [1.29, 1.82) is 0 Å². The van der Waals surface area contributed by atoms with Gasteiger partial charge >= 0.3 is 0 Å². The molecule has 106 valence electrons. The number of nitrogens with one attached hydrogen (secondary N) is 1. The molecule has 0 saturated carbocycles. The van der Waals surface area contributed by atoms with Crippen molar-refractivity contribution < 1.29 is 14.0 Å². The molecule has 0 aliphatic carbocycles. The van der Waals surface area contributed by atoms with E-state index in [1.165, 1.54) is 18.2 Å². The van der Waals surface area contributed by atoms with Gasteiger partial charge in [-0.25, -0.2) is 4.39 Å². The molecule has 1 N–H and O–H groups in total. The summed E-state index contributed by atoms with van der Waals surface area (Å²) in [6, 6.07) is 5.47. The van der Waals surface area contributed by atoms with Crippen LogP contribution in [-0.4, -0.2) is 35.8 Å². The summed E-state index contributed by atoms with van der Waals surface area (Å²) in [6.45, 7) is 2.86. The van der Waals surface area contributed by atoms with Crippen LogP contribution in [0.25, 0.3) is 6.08 Å². The second-order valence-corrected chi connectivity index (χ2v) is 4.63. The maximum atomic E-state index is 12.8. The number of piperazine rings is 1. The van der Waals surface area contributed by atoms with Crippen molar-refractivity contribution in [3.05, 3.63) is 41.7 Å². The zero-order valence-electron chi connectivity index (χ0n) is 11.3. The van der Waals surface area contributed by atoms with E-state index in [-0.39, 0.29) is 17.6 Å². The lowest BCUT2D eigenvalue weighted by molar-refractivity contribution is -0.140. The highest BCUT2D eigenvalue weighted by Crippen LogP contribution is 2.11. The minimum Gasteiger partial charge on any atom is -0.353 e. The molecule has 1 heterocycles. The molecule has 0 radical (unpaired) electrons. The number of benzene rings is 1. The number of rotatable bonds is 3. The smallest absolute Gasteiger partial charge is 0.247 e. The molecule has 5 heteroatoms. The Hall–Kier alpha value is -2.17. The van der Waals surface area contributed by atoms with E-state index in [1.807, 2.05) is 6.92 Å². The molecule has 0 spiro atoms. The molecule has 1 saturated heterocycles. The van der Waals surface area contributed by atoms with Crippen LogP contribution >= 0.6 is 0 Å². The molecule has 1 aliphatic rings. The number of carbonyl (C=O) groups excluding carboxylic acids is 2. The van der Waals surface area contributed by atoms with E-state index < -0.39 is 6.04 Å². The lowest BCUT2D eigenvalue weighted by atomic mass is 10.1. The predicted octanol–water partition coefficient (Wildman–Crippen LogP) is 1.58. The molecule has 0 bridgehead atoms. The number of halogens is 1. The third-order valence-electron chi connectivity index (χ3n) is 3.29. The normalized spacial score (nSPS) is 19.2. The van der Waals surface area contributed by atoms with Crippen LogP contribution in [0.15, 0.2) is 30.3 Å². The molecule has 1 aromatic carbocycles. The Morgan fingerprint density at radius 2 is 2.15 bits per heavy atom. The first-order valence-electron chi connectivity index (χ1n) is 6.63. The maximum Gasteiger partial charge on any atom is 0.247 e. The van der Waals surface area contributed by atoms with Crippen LogP contribution in [0.5, 0.6) is 0 Å². The van der Waals surface area contributed by atoms with Crippen LogP contribution < -0.4 is 5.32 Å². The van der Waals surface area contributed by atoms with Gasteiger partial charge in [0.1, 0.15) is 11.9 Å². The summed E-state index contributed by atoms with van der Waals surface area (Å²) in [6.07, 6.45) is 3.64. The quantitative estimate of drug-likeness (QED) is 0.852. The topological polar surface area (TPSA) is 49.4 Å². The maximum absolute atomic E-state index is 12.8. The number of carbonyl (C=O) groups is 2. The number of amides is 2. The average molecular weight is 276 g/mol. The summed E-state index contributed by atoms with van der Waals surface area (Å²) in [5.74, 6) is -0.620. The molecule has 20 heavy (non-hydrogen) atoms. The van der Waals surface area contributed by atoms with Crippen LogP contribution in [0.1, 0.15) is 18.9 Å². The van der Waals surface area contributed by atoms with Gasteiger partial charge in [0, 0.05) is 19.2 Å². The van der Waals surface area contributed by atoms with Crippen LogP contribution in [-0.2, 0) is 9.59 Å². The highest BCUT2D eigenvalue weighted by atomic mass is 19.1. The molecule has 1 atom stereocenters. The highest BCUT2D eigenvalue weighted by molar-refractivity contribution is 5.96. The third-order valence-corrected chi connectivity index (χ3v) is 3.29. The SMILES string of the molecule is CC[C@H]1C(=O)NCCN1C(=O)/C=C\c1ccc(F)cc1. The summed E-state index contributed by atoms with van der Waals surface area (Å²) in [4.78, 5) is 25.4. The van der Waals surface area contributed by atoms with Crippen molar-refractivity contribution in [1.82, 2.24) is 10.2 Å². The van der Waals surface area contributed by atoms with Crippen molar-refractivity contribution in [2.45, 2.75) is 19.4 Å². The molecule has 0 unspecified atom stereocenters. The van der Waals surface area contributed by atoms with Gasteiger partial charge in [0.15, 0.2) is 0 Å². The fraction of sp³-hybridized carbons (Fsp3) is 0.333. The Labute approximate surface area is 117 Å². The highest BCUT2D eigenvalue weighted by Gasteiger charge is 2.30. The Bertz CT molecular complexity index is 525. The van der Waals surface area contributed by atoms with Gasteiger partial charge in [-0.3, -0.25) is 9.59 Å². The first kappa shape index (κ1) is 14.2. The van der Waals surface area contributed by atoms with Crippen molar-refractivity contribution in [3.8, 4) is 0 Å². The van der Waals surface area contributed by atoms with Crippen LogP contribution in [0.2, 0.25) is 0 Å². The third kappa shape index (κ3) is 3.23. The van der Waals surface area contributed by atoms with Crippen molar-refractivity contribution in [3.63, 3.8) is 0 Å². The average Bonchev–Trinajstić information content (AvgIpc) is 2.46. The minimum atomic E-state index is -0.408. The summed E-state index contributed by atoms with van der Waals surface area (Å²) in [5, 5.41) is 2.75. The van der Waals surface area contributed by atoms with E-state index >= 15 is 0 Å². The molecule has 1 fully saturated rings. The van der Waals surface area contributed by atoms with E-state index in [4.69, 9.17) is 0 Å². The van der Waals surface area contributed by atoms with Gasteiger partial charge in [-0.05, 0) is 30.2 Å². The second kappa shape index (κ2) is 6.32. The van der Waals surface area contributed by atoms with Gasteiger partial charge in [0.2, 0.25) is 11.8 Å². The molecule has 1 aromatic rings. The van der Waals surface area contributed by atoms with Gasteiger partial charge in [0.25, 0.3) is 0 Å². The summed E-state index contributed by atoms with van der Waals surface area (Å²) in [5.41, 5.74) is 0.745. The first-order chi connectivity index (χ1) is 9.61.